The maximum Gasteiger partial charge on any atom is 0.333 e. The van der Waals surface area contributed by atoms with E-state index in [1.165, 1.54) is 0 Å². The van der Waals surface area contributed by atoms with Crippen LogP contribution in [0.2, 0.25) is 0 Å². The van der Waals surface area contributed by atoms with Crippen molar-refractivity contribution in [1.82, 2.24) is 9.97 Å². The first-order valence-electron chi connectivity index (χ1n) is 14.9. The summed E-state index contributed by atoms with van der Waals surface area (Å²) in [5.41, 5.74) is 13.0. The van der Waals surface area contributed by atoms with Gasteiger partial charge in [-0.3, -0.25) is 4.57 Å². The molecule has 0 aliphatic carbocycles. The number of benzene rings is 4. The van der Waals surface area contributed by atoms with Crippen molar-refractivity contribution in [3.05, 3.63) is 129 Å². The number of nitrogens with one attached hydrogen (secondary N) is 3. The average molecular weight is 713 g/mol. The zero-order valence-electron chi connectivity index (χ0n) is 26.0. The molecule has 0 aliphatic heterocycles. The average Bonchev–Trinajstić information content (AvgIpc) is 3.08. The fraction of sp³-hybridized carbons (Fsp3) is 0.171. The highest BCUT2D eigenvalue weighted by Gasteiger charge is 2.25. The van der Waals surface area contributed by atoms with Crippen LogP contribution in [-0.2, 0) is 26.8 Å². The highest BCUT2D eigenvalue weighted by molar-refractivity contribution is 9.10. The Morgan fingerprint density at radius 2 is 1.40 bits per heavy atom. The van der Waals surface area contributed by atoms with E-state index in [0.717, 1.165) is 39.3 Å². The third-order valence-corrected chi connectivity index (χ3v) is 9.78. The molecule has 240 valence electrons. The molecule has 0 fully saturated rings. The minimum atomic E-state index is -3.44. The number of nitrogens with zero attached hydrogens (tertiary/aromatic N) is 3. The predicted molar refractivity (Wildman–Crippen MR) is 191 cm³/mol. The molecule has 5 N–H and O–H groups in total. The van der Waals surface area contributed by atoms with E-state index < -0.39 is 7.60 Å². The molecule has 0 spiro atoms. The summed E-state index contributed by atoms with van der Waals surface area (Å²) in [7, 11) is -3.44. The monoisotopic (exact) mass is 711 g/mol. The first-order chi connectivity index (χ1) is 22.7. The van der Waals surface area contributed by atoms with Crippen molar-refractivity contribution >= 4 is 58.2 Å². The Labute approximate surface area is 283 Å². The van der Waals surface area contributed by atoms with Gasteiger partial charge in [0.05, 0.1) is 31.0 Å². The zero-order chi connectivity index (χ0) is 33.2. The molecule has 0 radical (unpaired) electrons. The molecule has 10 nitrogen and oxygen atoms in total. The van der Waals surface area contributed by atoms with Gasteiger partial charge >= 0.3 is 7.60 Å². The molecule has 0 saturated heterocycles. The molecule has 12 heteroatoms. The summed E-state index contributed by atoms with van der Waals surface area (Å²) < 4.78 is 26.2. The number of anilines is 6. The van der Waals surface area contributed by atoms with Crippen molar-refractivity contribution in [1.29, 1.82) is 5.26 Å². The molecular formula is C35H35BrN7O3P. The lowest BCUT2D eigenvalue weighted by molar-refractivity contribution is 0.192. The summed E-state index contributed by atoms with van der Waals surface area (Å²) in [4.78, 5) is 8.96. The molecule has 0 amide bonds. The van der Waals surface area contributed by atoms with Crippen LogP contribution in [0.3, 0.4) is 0 Å². The lowest BCUT2D eigenvalue weighted by Crippen LogP contribution is -2.11. The standard InChI is InChI=1S/C35H35BrN7O3P/c1-24-19-30(39-17-18-47(44,45-22-27-9-5-3-6-10-27)46-23-28-11-7-4-8-12-28)20-25(2)32(24)41-34-31(36)33(38)42-35(43-34)40-29-15-13-26(21-37)14-16-29/h3-16,19-20,39H,17-18,22-23H2,1-2H3,(H4,38,40,41,42,43). The molecule has 1 aromatic heterocycles. The van der Waals surface area contributed by atoms with Crippen molar-refractivity contribution in [2.75, 3.05) is 34.4 Å². The number of aryl methyl sites for hydroxylation is 2. The van der Waals surface area contributed by atoms with Crippen LogP contribution in [0.5, 0.6) is 0 Å². The molecule has 0 unspecified atom stereocenters. The Kier molecular flexibility index (Phi) is 11.2. The first-order valence-corrected chi connectivity index (χ1v) is 17.4. The highest BCUT2D eigenvalue weighted by Crippen LogP contribution is 2.49. The van der Waals surface area contributed by atoms with E-state index in [1.807, 2.05) is 86.6 Å². The number of rotatable bonds is 14. The molecule has 0 saturated carbocycles. The van der Waals surface area contributed by atoms with Gasteiger partial charge in [-0.05, 0) is 88.4 Å². The van der Waals surface area contributed by atoms with Gasteiger partial charge < -0.3 is 30.7 Å². The van der Waals surface area contributed by atoms with Crippen LogP contribution in [0.25, 0.3) is 0 Å². The number of aromatic nitrogens is 2. The van der Waals surface area contributed by atoms with E-state index in [-0.39, 0.29) is 25.2 Å². The van der Waals surface area contributed by atoms with Crippen molar-refractivity contribution < 1.29 is 13.6 Å². The summed E-state index contributed by atoms with van der Waals surface area (Å²) in [5.74, 6) is 1.06. The van der Waals surface area contributed by atoms with Gasteiger partial charge in [0, 0.05) is 23.6 Å². The van der Waals surface area contributed by atoms with Gasteiger partial charge in [-0.25, -0.2) is 0 Å². The fourth-order valence-corrected chi connectivity index (χ4v) is 6.43. The van der Waals surface area contributed by atoms with Crippen LogP contribution in [0, 0.1) is 25.2 Å². The molecule has 0 bridgehead atoms. The molecule has 0 atom stereocenters. The Bertz CT molecular complexity index is 1830. The van der Waals surface area contributed by atoms with Gasteiger partial charge in [-0.1, -0.05) is 60.7 Å². The van der Waals surface area contributed by atoms with Crippen LogP contribution in [0.1, 0.15) is 27.8 Å². The number of halogens is 1. The van der Waals surface area contributed by atoms with Crippen LogP contribution in [-0.4, -0.2) is 22.7 Å². The molecule has 5 aromatic rings. The van der Waals surface area contributed by atoms with E-state index in [1.54, 1.807) is 24.3 Å². The Morgan fingerprint density at radius 1 is 0.830 bits per heavy atom. The minimum absolute atomic E-state index is 0.187. The summed E-state index contributed by atoms with van der Waals surface area (Å²) in [5, 5.41) is 19.0. The lowest BCUT2D eigenvalue weighted by atomic mass is 10.1. The zero-order valence-corrected chi connectivity index (χ0v) is 28.5. The van der Waals surface area contributed by atoms with Crippen LogP contribution >= 0.6 is 23.5 Å². The number of nitrogens with two attached hydrogens (primary N) is 1. The van der Waals surface area contributed by atoms with Crippen LogP contribution in [0.4, 0.5) is 34.6 Å². The largest absolute Gasteiger partial charge is 0.384 e. The SMILES string of the molecule is Cc1cc(NCCP(=O)(OCc2ccccc2)OCc2ccccc2)cc(C)c1Nc1nc(Nc2ccc(C#N)cc2)nc(N)c1Br. The Morgan fingerprint density at radius 3 is 1.96 bits per heavy atom. The van der Waals surface area contributed by atoms with Gasteiger partial charge in [0.25, 0.3) is 0 Å². The van der Waals surface area contributed by atoms with Gasteiger partial charge in [0.2, 0.25) is 5.95 Å². The molecule has 47 heavy (non-hydrogen) atoms. The van der Waals surface area contributed by atoms with Crippen LogP contribution < -0.4 is 21.7 Å². The topological polar surface area (TPSA) is 147 Å². The third-order valence-electron chi connectivity index (χ3n) is 7.18. The molecule has 1 heterocycles. The number of nitriles is 1. The van der Waals surface area contributed by atoms with Crippen molar-refractivity contribution in [2.24, 2.45) is 0 Å². The van der Waals surface area contributed by atoms with Gasteiger partial charge in [-0.2, -0.15) is 15.2 Å². The molecular weight excluding hydrogens is 677 g/mol. The molecule has 4 aromatic carbocycles. The Hall–Kier alpha value is -4.72. The maximum absolute atomic E-state index is 13.8. The summed E-state index contributed by atoms with van der Waals surface area (Å²) in [6.07, 6.45) is 0.187. The molecule has 5 rings (SSSR count). The van der Waals surface area contributed by atoms with Crippen molar-refractivity contribution in [3.8, 4) is 6.07 Å². The third kappa shape index (κ3) is 9.41. The van der Waals surface area contributed by atoms with Gasteiger partial charge in [0.15, 0.2) is 5.82 Å². The first kappa shape index (κ1) is 33.6. The maximum atomic E-state index is 13.8. The van der Waals surface area contributed by atoms with Crippen LogP contribution in [0.15, 0.2) is 102 Å². The van der Waals surface area contributed by atoms with E-state index in [2.05, 4.69) is 47.9 Å². The Balaban J connectivity index is 1.25. The van der Waals surface area contributed by atoms with E-state index in [9.17, 15) is 4.57 Å². The van der Waals surface area contributed by atoms with E-state index >= 15 is 0 Å². The van der Waals surface area contributed by atoms with Gasteiger partial charge in [-0.15, -0.1) is 0 Å². The quantitative estimate of drug-likeness (QED) is 0.0824. The number of hydrogen-bond acceptors (Lipinski definition) is 10. The predicted octanol–water partition coefficient (Wildman–Crippen LogP) is 8.84. The lowest BCUT2D eigenvalue weighted by Gasteiger charge is -2.20. The summed E-state index contributed by atoms with van der Waals surface area (Å²) in [6, 6.07) is 32.4. The smallest absolute Gasteiger partial charge is 0.333 e. The second kappa shape index (κ2) is 15.7. The van der Waals surface area contributed by atoms with Crippen molar-refractivity contribution in [3.63, 3.8) is 0 Å². The second-order valence-corrected chi connectivity index (χ2v) is 13.8. The highest BCUT2D eigenvalue weighted by atomic mass is 79.9. The normalized spacial score (nSPS) is 11.1. The minimum Gasteiger partial charge on any atom is -0.384 e. The molecule has 0 aliphatic rings. The van der Waals surface area contributed by atoms with Crippen molar-refractivity contribution in [2.45, 2.75) is 27.1 Å². The van der Waals surface area contributed by atoms with E-state index in [4.69, 9.17) is 20.0 Å². The van der Waals surface area contributed by atoms with E-state index in [0.29, 0.717) is 28.3 Å². The number of nitrogen functional groups attached to an aromatic ring is 1. The second-order valence-electron chi connectivity index (χ2n) is 10.8. The number of hydrogen-bond donors (Lipinski definition) is 4. The summed E-state index contributed by atoms with van der Waals surface area (Å²) >= 11 is 3.51. The fourth-order valence-electron chi connectivity index (χ4n) is 4.74. The van der Waals surface area contributed by atoms with Gasteiger partial charge in [0.1, 0.15) is 10.3 Å². The summed E-state index contributed by atoms with van der Waals surface area (Å²) in [6.45, 7) is 4.75.